The first-order valence-electron chi connectivity index (χ1n) is 13.1. The molecular formula is C32H23Br2Cl2N3O6. The lowest BCUT2D eigenvalue weighted by atomic mass is 10.0. The zero-order valence-electron chi connectivity index (χ0n) is 23.8. The van der Waals surface area contributed by atoms with Gasteiger partial charge in [0, 0.05) is 36.0 Å². The van der Waals surface area contributed by atoms with Crippen LogP contribution in [0.4, 0.5) is 0 Å². The number of rotatable bonds is 9. The van der Waals surface area contributed by atoms with Crippen molar-refractivity contribution in [2.75, 3.05) is 21.3 Å². The molecule has 5 rings (SSSR count). The third-order valence-corrected chi connectivity index (χ3v) is 8.22. The zero-order chi connectivity index (χ0) is 32.2. The standard InChI is InChI=1S/C32H23Br2Cl2N3O6/c1-42-25-11-16(12-26(43-2)30(25)44-3)32(41)45-24-9-8-18(33)10-17(24)15-37-39-31(40)29-27(20-6-4-5-7-22(20)35)21-13-19(34)14-23(36)28(21)38-29/h4-15,38H,1-3H3,(H,39,40). The highest BCUT2D eigenvalue weighted by Gasteiger charge is 2.23. The molecule has 0 bridgehead atoms. The molecule has 0 saturated carbocycles. The number of hydrogen-bond acceptors (Lipinski definition) is 7. The number of methoxy groups -OCH3 is 3. The number of nitrogens with one attached hydrogen (secondary N) is 2. The summed E-state index contributed by atoms with van der Waals surface area (Å²) < 4.78 is 23.2. The van der Waals surface area contributed by atoms with Crippen molar-refractivity contribution in [1.29, 1.82) is 0 Å². The van der Waals surface area contributed by atoms with Crippen LogP contribution in [-0.2, 0) is 0 Å². The summed E-state index contributed by atoms with van der Waals surface area (Å²) >= 11 is 19.9. The van der Waals surface area contributed by atoms with Crippen LogP contribution < -0.4 is 24.4 Å². The number of carbonyl (C=O) groups excluding carboxylic acids is 2. The lowest BCUT2D eigenvalue weighted by Crippen LogP contribution is -2.19. The zero-order valence-corrected chi connectivity index (χ0v) is 28.5. The Balaban J connectivity index is 1.44. The van der Waals surface area contributed by atoms with E-state index in [1.54, 1.807) is 36.4 Å². The Bertz CT molecular complexity index is 1950. The van der Waals surface area contributed by atoms with Crippen molar-refractivity contribution < 1.29 is 28.5 Å². The predicted octanol–water partition coefficient (Wildman–Crippen LogP) is 8.68. The van der Waals surface area contributed by atoms with Crippen molar-refractivity contribution in [3.63, 3.8) is 0 Å². The van der Waals surface area contributed by atoms with Crippen LogP contribution in [0.15, 0.2) is 80.8 Å². The van der Waals surface area contributed by atoms with Gasteiger partial charge in [-0.2, -0.15) is 5.10 Å². The normalized spacial score (nSPS) is 11.1. The predicted molar refractivity (Wildman–Crippen MR) is 182 cm³/mol. The summed E-state index contributed by atoms with van der Waals surface area (Å²) in [5.41, 5.74) is 5.09. The summed E-state index contributed by atoms with van der Waals surface area (Å²) in [5.74, 6) is -0.103. The van der Waals surface area contributed by atoms with Crippen LogP contribution in [0.5, 0.6) is 23.0 Å². The van der Waals surface area contributed by atoms with E-state index in [0.717, 1.165) is 4.47 Å². The Morgan fingerprint density at radius 1 is 0.844 bits per heavy atom. The van der Waals surface area contributed by atoms with Gasteiger partial charge in [-0.1, -0.05) is 73.3 Å². The molecule has 0 aliphatic carbocycles. The first kappa shape index (κ1) is 32.4. The molecular weight excluding hydrogens is 753 g/mol. The number of ether oxygens (including phenoxy) is 4. The Labute approximate surface area is 284 Å². The largest absolute Gasteiger partial charge is 0.493 e. The first-order valence-corrected chi connectivity index (χ1v) is 15.4. The Morgan fingerprint density at radius 3 is 2.22 bits per heavy atom. The van der Waals surface area contributed by atoms with Gasteiger partial charge in [-0.15, -0.1) is 0 Å². The van der Waals surface area contributed by atoms with E-state index in [-0.39, 0.29) is 17.0 Å². The van der Waals surface area contributed by atoms with Gasteiger partial charge in [-0.25, -0.2) is 10.2 Å². The summed E-state index contributed by atoms with van der Waals surface area (Å²) in [6, 6.07) is 18.7. The molecule has 230 valence electrons. The monoisotopic (exact) mass is 773 g/mol. The molecule has 13 heteroatoms. The van der Waals surface area contributed by atoms with E-state index in [0.29, 0.717) is 59.4 Å². The lowest BCUT2D eigenvalue weighted by molar-refractivity contribution is 0.0733. The second-order valence-corrected chi connectivity index (χ2v) is 12.0. The molecule has 0 fully saturated rings. The topological polar surface area (TPSA) is 111 Å². The van der Waals surface area contributed by atoms with Crippen molar-refractivity contribution in [1.82, 2.24) is 10.4 Å². The van der Waals surface area contributed by atoms with Crippen LogP contribution in [0.3, 0.4) is 0 Å². The molecule has 1 aromatic heterocycles. The molecule has 0 aliphatic rings. The molecule has 0 atom stereocenters. The third-order valence-electron chi connectivity index (χ3n) is 6.64. The van der Waals surface area contributed by atoms with Crippen molar-refractivity contribution in [3.8, 4) is 34.1 Å². The number of benzene rings is 4. The van der Waals surface area contributed by atoms with Crippen molar-refractivity contribution in [2.24, 2.45) is 5.10 Å². The number of nitrogens with zero attached hydrogens (tertiary/aromatic N) is 1. The quantitative estimate of drug-likeness (QED) is 0.0671. The molecule has 1 heterocycles. The molecule has 45 heavy (non-hydrogen) atoms. The average Bonchev–Trinajstić information content (AvgIpc) is 3.41. The van der Waals surface area contributed by atoms with Gasteiger partial charge in [0.2, 0.25) is 5.75 Å². The molecule has 0 spiro atoms. The van der Waals surface area contributed by atoms with Crippen LogP contribution in [0, 0.1) is 0 Å². The average molecular weight is 776 g/mol. The van der Waals surface area contributed by atoms with Crippen LogP contribution in [-0.4, -0.2) is 44.4 Å². The smallest absolute Gasteiger partial charge is 0.343 e. The molecule has 2 N–H and O–H groups in total. The number of aromatic amines is 1. The van der Waals surface area contributed by atoms with Crippen molar-refractivity contribution in [2.45, 2.75) is 0 Å². The maximum Gasteiger partial charge on any atom is 0.343 e. The Hall–Kier alpha value is -4.03. The van der Waals surface area contributed by atoms with Crippen LogP contribution in [0.1, 0.15) is 26.4 Å². The van der Waals surface area contributed by atoms with Gasteiger partial charge in [0.15, 0.2) is 11.5 Å². The number of amides is 1. The first-order chi connectivity index (χ1) is 21.6. The summed E-state index contributed by atoms with van der Waals surface area (Å²) in [5, 5.41) is 5.73. The maximum absolute atomic E-state index is 13.5. The van der Waals surface area contributed by atoms with E-state index in [1.807, 2.05) is 18.2 Å². The van der Waals surface area contributed by atoms with Gasteiger partial charge in [-0.05, 0) is 48.5 Å². The van der Waals surface area contributed by atoms with Gasteiger partial charge < -0.3 is 23.9 Å². The molecule has 9 nitrogen and oxygen atoms in total. The van der Waals surface area contributed by atoms with Crippen LogP contribution >= 0.6 is 55.1 Å². The molecule has 0 aliphatic heterocycles. The van der Waals surface area contributed by atoms with Gasteiger partial charge in [0.05, 0.1) is 43.6 Å². The second kappa shape index (κ2) is 13.9. The highest BCUT2D eigenvalue weighted by atomic mass is 79.9. The van der Waals surface area contributed by atoms with Crippen molar-refractivity contribution >= 4 is 84.1 Å². The number of carbonyl (C=O) groups is 2. The van der Waals surface area contributed by atoms with E-state index < -0.39 is 11.9 Å². The molecule has 0 unspecified atom stereocenters. The van der Waals surface area contributed by atoms with E-state index in [9.17, 15) is 9.59 Å². The number of aromatic nitrogens is 1. The minimum absolute atomic E-state index is 0.167. The summed E-state index contributed by atoms with van der Waals surface area (Å²) in [7, 11) is 4.37. The van der Waals surface area contributed by atoms with E-state index in [2.05, 4.69) is 47.4 Å². The third kappa shape index (κ3) is 6.81. The lowest BCUT2D eigenvalue weighted by Gasteiger charge is -2.14. The highest BCUT2D eigenvalue weighted by molar-refractivity contribution is 9.10. The van der Waals surface area contributed by atoms with E-state index >= 15 is 0 Å². The number of fused-ring (bicyclic) bond motifs is 1. The van der Waals surface area contributed by atoms with Gasteiger partial charge in [0.25, 0.3) is 5.91 Å². The Morgan fingerprint density at radius 2 is 1.56 bits per heavy atom. The second-order valence-electron chi connectivity index (χ2n) is 9.35. The minimum atomic E-state index is -0.680. The minimum Gasteiger partial charge on any atom is -0.493 e. The maximum atomic E-state index is 13.5. The number of esters is 1. The fourth-order valence-corrected chi connectivity index (χ4v) is 6.09. The number of H-pyrrole nitrogens is 1. The van der Waals surface area contributed by atoms with E-state index in [4.69, 9.17) is 42.1 Å². The molecule has 0 radical (unpaired) electrons. The molecule has 1 amide bonds. The fraction of sp³-hybridized carbons (Fsp3) is 0.0938. The number of hydrazone groups is 1. The van der Waals surface area contributed by atoms with Crippen LogP contribution in [0.2, 0.25) is 10.0 Å². The fourth-order valence-electron chi connectivity index (χ4n) is 4.62. The van der Waals surface area contributed by atoms with Gasteiger partial charge >= 0.3 is 5.97 Å². The molecule has 0 saturated heterocycles. The number of halogens is 4. The van der Waals surface area contributed by atoms with Crippen molar-refractivity contribution in [3.05, 3.63) is 103 Å². The Kier molecular flexibility index (Phi) is 10.0. The SMILES string of the molecule is COc1cc(C(=O)Oc2ccc(Br)cc2C=NNC(=O)c2[nH]c3c(Cl)cc(Br)cc3c2-c2ccccc2Cl)cc(OC)c1OC. The molecule has 4 aromatic carbocycles. The van der Waals surface area contributed by atoms with Gasteiger partial charge in [-0.3, -0.25) is 4.79 Å². The molecule has 5 aromatic rings. The van der Waals surface area contributed by atoms with Crippen LogP contribution in [0.25, 0.3) is 22.0 Å². The van der Waals surface area contributed by atoms with Gasteiger partial charge in [0.1, 0.15) is 11.4 Å². The highest BCUT2D eigenvalue weighted by Crippen LogP contribution is 2.41. The summed E-state index contributed by atoms with van der Waals surface area (Å²) in [6.45, 7) is 0. The van der Waals surface area contributed by atoms with E-state index in [1.165, 1.54) is 39.7 Å². The summed E-state index contributed by atoms with van der Waals surface area (Å²) in [6.07, 6.45) is 1.36. The number of hydrogen-bond donors (Lipinski definition) is 2. The summed E-state index contributed by atoms with van der Waals surface area (Å²) in [4.78, 5) is 29.8.